The highest BCUT2D eigenvalue weighted by Crippen LogP contribution is 2.20. The topological polar surface area (TPSA) is 82.6 Å². The summed E-state index contributed by atoms with van der Waals surface area (Å²) in [5.41, 5.74) is 1.73. The summed E-state index contributed by atoms with van der Waals surface area (Å²) in [5.74, 6) is -0.0582. The molecular formula is C22H22N4O3S2. The van der Waals surface area contributed by atoms with E-state index in [1.165, 1.54) is 6.08 Å². The molecule has 1 saturated heterocycles. The summed E-state index contributed by atoms with van der Waals surface area (Å²) in [6.07, 6.45) is 3.32. The zero-order valence-electron chi connectivity index (χ0n) is 16.7. The van der Waals surface area contributed by atoms with E-state index in [0.717, 1.165) is 29.2 Å². The molecule has 160 valence electrons. The molecule has 0 radical (unpaired) electrons. The lowest BCUT2D eigenvalue weighted by Gasteiger charge is -2.34. The minimum atomic E-state index is -3.65. The van der Waals surface area contributed by atoms with Crippen LogP contribution in [0.5, 0.6) is 0 Å². The first-order valence-electron chi connectivity index (χ1n) is 9.80. The number of benzene rings is 2. The van der Waals surface area contributed by atoms with Crippen molar-refractivity contribution in [2.45, 2.75) is 0 Å². The molecule has 7 nitrogen and oxygen atoms in total. The van der Waals surface area contributed by atoms with Crippen LogP contribution in [0.4, 0.5) is 10.8 Å². The lowest BCUT2D eigenvalue weighted by atomic mass is 10.1. The Balaban J connectivity index is 1.34. The Hall–Kier alpha value is -3.17. The standard InChI is InChI=1S/C22H22N4O3S2/c27-21(25-12-14-26(15-13-25)22-23-11-16-30-22)19-6-8-20(9-7-19)24-31(28,29)17-10-18-4-2-1-3-5-18/h1-11,16-17,24H,12-15H2/b17-10+. The molecule has 9 heteroatoms. The van der Waals surface area contributed by atoms with Gasteiger partial charge in [0.15, 0.2) is 5.13 Å². The van der Waals surface area contributed by atoms with Crippen LogP contribution in [-0.4, -0.2) is 50.4 Å². The molecule has 1 aliphatic rings. The third-order valence-corrected chi connectivity index (χ3v) is 6.73. The molecule has 1 fully saturated rings. The second-order valence-corrected chi connectivity index (χ2v) is 9.47. The monoisotopic (exact) mass is 454 g/mol. The summed E-state index contributed by atoms with van der Waals surface area (Å²) < 4.78 is 27.1. The molecule has 1 aliphatic heterocycles. The van der Waals surface area contributed by atoms with Gasteiger partial charge in [0.25, 0.3) is 15.9 Å². The number of carbonyl (C=O) groups excluding carboxylic acids is 1. The van der Waals surface area contributed by atoms with Crippen LogP contribution in [0.2, 0.25) is 0 Å². The van der Waals surface area contributed by atoms with Gasteiger partial charge in [-0.1, -0.05) is 30.3 Å². The van der Waals surface area contributed by atoms with Gasteiger partial charge < -0.3 is 9.80 Å². The molecule has 0 bridgehead atoms. The van der Waals surface area contributed by atoms with E-state index in [1.54, 1.807) is 41.8 Å². The minimum Gasteiger partial charge on any atom is -0.345 e. The number of amides is 1. The number of thiazole rings is 1. The summed E-state index contributed by atoms with van der Waals surface area (Å²) in [6.45, 7) is 2.73. The second kappa shape index (κ2) is 9.32. The van der Waals surface area contributed by atoms with Crippen molar-refractivity contribution in [1.29, 1.82) is 0 Å². The fourth-order valence-electron chi connectivity index (χ4n) is 3.27. The lowest BCUT2D eigenvalue weighted by Crippen LogP contribution is -2.48. The fraction of sp³-hybridized carbons (Fsp3) is 0.182. The SMILES string of the molecule is O=C(c1ccc(NS(=O)(=O)/C=C/c2ccccc2)cc1)N1CCN(c2nccs2)CC1. The summed E-state index contributed by atoms with van der Waals surface area (Å²) in [4.78, 5) is 21.1. The van der Waals surface area contributed by atoms with Crippen LogP contribution >= 0.6 is 11.3 Å². The number of carbonyl (C=O) groups is 1. The van der Waals surface area contributed by atoms with Gasteiger partial charge in [-0.15, -0.1) is 11.3 Å². The smallest absolute Gasteiger partial charge is 0.255 e. The molecule has 0 aliphatic carbocycles. The molecule has 0 unspecified atom stereocenters. The van der Waals surface area contributed by atoms with Gasteiger partial charge in [-0.3, -0.25) is 9.52 Å². The maximum Gasteiger partial charge on any atom is 0.255 e. The van der Waals surface area contributed by atoms with Crippen LogP contribution in [-0.2, 0) is 10.0 Å². The van der Waals surface area contributed by atoms with E-state index in [1.807, 2.05) is 40.6 Å². The van der Waals surface area contributed by atoms with E-state index >= 15 is 0 Å². The predicted octanol–water partition coefficient (Wildman–Crippen LogP) is 3.52. The average molecular weight is 455 g/mol. The first-order chi connectivity index (χ1) is 15.0. The third-order valence-electron chi connectivity index (χ3n) is 4.89. The van der Waals surface area contributed by atoms with Crippen LogP contribution < -0.4 is 9.62 Å². The van der Waals surface area contributed by atoms with E-state index < -0.39 is 10.0 Å². The van der Waals surface area contributed by atoms with Crippen molar-refractivity contribution in [2.24, 2.45) is 0 Å². The van der Waals surface area contributed by atoms with E-state index in [2.05, 4.69) is 14.6 Å². The van der Waals surface area contributed by atoms with Crippen molar-refractivity contribution in [1.82, 2.24) is 9.88 Å². The predicted molar refractivity (Wildman–Crippen MR) is 125 cm³/mol. The van der Waals surface area contributed by atoms with Gasteiger partial charge in [0, 0.05) is 49.0 Å². The quantitative estimate of drug-likeness (QED) is 0.616. The minimum absolute atomic E-state index is 0.0582. The number of piperazine rings is 1. The van der Waals surface area contributed by atoms with Crippen molar-refractivity contribution >= 4 is 44.2 Å². The van der Waals surface area contributed by atoms with Gasteiger partial charge in [0.05, 0.1) is 5.41 Å². The number of hydrogen-bond donors (Lipinski definition) is 1. The highest BCUT2D eigenvalue weighted by Gasteiger charge is 2.23. The van der Waals surface area contributed by atoms with Gasteiger partial charge in [0.2, 0.25) is 0 Å². The number of sulfonamides is 1. The number of rotatable bonds is 6. The lowest BCUT2D eigenvalue weighted by molar-refractivity contribution is 0.0747. The van der Waals surface area contributed by atoms with Crippen LogP contribution in [0.15, 0.2) is 71.6 Å². The molecule has 4 rings (SSSR count). The largest absolute Gasteiger partial charge is 0.345 e. The Labute approximate surface area is 185 Å². The van der Waals surface area contributed by atoms with Crippen molar-refractivity contribution in [3.63, 3.8) is 0 Å². The van der Waals surface area contributed by atoms with Crippen LogP contribution in [0.3, 0.4) is 0 Å². The Morgan fingerprint density at radius 1 is 1.00 bits per heavy atom. The second-order valence-electron chi connectivity index (χ2n) is 7.03. The molecule has 0 saturated carbocycles. The average Bonchev–Trinajstić information content (AvgIpc) is 3.34. The Morgan fingerprint density at radius 2 is 1.71 bits per heavy atom. The van der Waals surface area contributed by atoms with Gasteiger partial charge >= 0.3 is 0 Å². The highest BCUT2D eigenvalue weighted by atomic mass is 32.2. The molecule has 1 amide bonds. The summed E-state index contributed by atoms with van der Waals surface area (Å²) in [5, 5.41) is 4.05. The molecule has 2 aromatic carbocycles. The number of nitrogens with one attached hydrogen (secondary N) is 1. The van der Waals surface area contributed by atoms with Crippen molar-refractivity contribution in [3.8, 4) is 0 Å². The van der Waals surface area contributed by atoms with E-state index in [9.17, 15) is 13.2 Å². The van der Waals surface area contributed by atoms with Crippen molar-refractivity contribution in [3.05, 3.63) is 82.7 Å². The Kier molecular flexibility index (Phi) is 6.34. The number of anilines is 2. The molecule has 3 aromatic rings. The molecule has 1 aromatic heterocycles. The number of aromatic nitrogens is 1. The Morgan fingerprint density at radius 3 is 2.35 bits per heavy atom. The van der Waals surface area contributed by atoms with Gasteiger partial charge in [-0.25, -0.2) is 13.4 Å². The number of hydrogen-bond acceptors (Lipinski definition) is 6. The number of nitrogens with zero attached hydrogens (tertiary/aromatic N) is 3. The fourth-order valence-corrected chi connectivity index (χ4v) is 4.83. The summed E-state index contributed by atoms with van der Waals surface area (Å²) in [7, 11) is -3.65. The summed E-state index contributed by atoms with van der Waals surface area (Å²) in [6, 6.07) is 15.7. The van der Waals surface area contributed by atoms with Crippen molar-refractivity contribution in [2.75, 3.05) is 35.8 Å². The first-order valence-corrected chi connectivity index (χ1v) is 12.2. The molecule has 1 N–H and O–H groups in total. The van der Waals surface area contributed by atoms with Crippen LogP contribution in [0, 0.1) is 0 Å². The normalized spacial score (nSPS) is 14.7. The Bertz CT molecular complexity index is 1140. The van der Waals surface area contributed by atoms with E-state index in [-0.39, 0.29) is 5.91 Å². The van der Waals surface area contributed by atoms with Gasteiger partial charge in [-0.2, -0.15) is 0 Å². The molecule has 0 spiro atoms. The maximum absolute atomic E-state index is 12.8. The van der Waals surface area contributed by atoms with E-state index in [0.29, 0.717) is 24.3 Å². The molecule has 31 heavy (non-hydrogen) atoms. The maximum atomic E-state index is 12.8. The molecule has 0 atom stereocenters. The van der Waals surface area contributed by atoms with Crippen molar-refractivity contribution < 1.29 is 13.2 Å². The van der Waals surface area contributed by atoms with Crippen LogP contribution in [0.1, 0.15) is 15.9 Å². The highest BCUT2D eigenvalue weighted by molar-refractivity contribution is 7.95. The summed E-state index contributed by atoms with van der Waals surface area (Å²) >= 11 is 1.59. The van der Waals surface area contributed by atoms with Crippen LogP contribution in [0.25, 0.3) is 6.08 Å². The van der Waals surface area contributed by atoms with E-state index in [4.69, 9.17) is 0 Å². The van der Waals surface area contributed by atoms with Gasteiger partial charge in [0.1, 0.15) is 0 Å². The molecular weight excluding hydrogens is 432 g/mol. The molecule has 2 heterocycles. The zero-order valence-corrected chi connectivity index (χ0v) is 18.3. The van der Waals surface area contributed by atoms with Gasteiger partial charge in [-0.05, 0) is 35.9 Å². The first kappa shape index (κ1) is 21.1. The zero-order chi connectivity index (χ0) is 21.7. The third kappa shape index (κ3) is 5.50.